The summed E-state index contributed by atoms with van der Waals surface area (Å²) in [4.78, 5) is 69.3. The second-order valence-electron chi connectivity index (χ2n) is 14.0. The number of phenols is 1. The third-order valence-electron chi connectivity index (χ3n) is 10.7. The highest BCUT2D eigenvalue weighted by atomic mass is 16.6. The Morgan fingerprint density at radius 3 is 2.18 bits per heavy atom. The Bertz CT molecular complexity index is 2370. The molecule has 3 aliphatic rings. The molecule has 0 unspecified atom stereocenters. The molecule has 15 nitrogen and oxygen atoms in total. The summed E-state index contributed by atoms with van der Waals surface area (Å²) in [5.74, 6) is -10.5. The number of ether oxygens (including phenoxy) is 1. The number of carbonyl (C=O) groups is 5. The van der Waals surface area contributed by atoms with E-state index in [1.165, 1.54) is 31.1 Å². The molecule has 4 aromatic carbocycles. The van der Waals surface area contributed by atoms with Crippen molar-refractivity contribution in [2.75, 3.05) is 30.0 Å². The second kappa shape index (κ2) is 13.6. The third kappa shape index (κ3) is 5.80. The lowest BCUT2D eigenvalue weighted by atomic mass is 9.55. The lowest BCUT2D eigenvalue weighted by molar-refractivity contribution is -0.162. The van der Waals surface area contributed by atoms with Crippen LogP contribution in [0.5, 0.6) is 5.75 Å². The molecule has 4 amide bonds. The van der Waals surface area contributed by atoms with Gasteiger partial charge in [0.25, 0.3) is 5.91 Å². The molecule has 0 aromatic heterocycles. The van der Waals surface area contributed by atoms with Gasteiger partial charge in [-0.1, -0.05) is 67.6 Å². The summed E-state index contributed by atoms with van der Waals surface area (Å²) in [7, 11) is 2.92. The van der Waals surface area contributed by atoms with Gasteiger partial charge in [0.15, 0.2) is 17.1 Å². The average Bonchev–Trinajstić information content (AvgIpc) is 3.14. The molecule has 0 spiro atoms. The van der Waals surface area contributed by atoms with Crippen LogP contribution >= 0.6 is 0 Å². The number of anilines is 3. The molecule has 7 rings (SSSR count). The van der Waals surface area contributed by atoms with Crippen molar-refractivity contribution in [1.82, 2.24) is 4.90 Å². The van der Waals surface area contributed by atoms with Gasteiger partial charge in [-0.2, -0.15) is 0 Å². The first-order valence-corrected chi connectivity index (χ1v) is 17.3. The maximum Gasteiger partial charge on any atom is 0.411 e. The van der Waals surface area contributed by atoms with Crippen molar-refractivity contribution in [3.05, 3.63) is 119 Å². The smallest absolute Gasteiger partial charge is 0.411 e. The van der Waals surface area contributed by atoms with Crippen LogP contribution < -0.4 is 21.7 Å². The molecule has 0 saturated carbocycles. The van der Waals surface area contributed by atoms with E-state index < -0.39 is 93.5 Å². The number of hydrogen-bond donors (Lipinski definition) is 8. The van der Waals surface area contributed by atoms with Gasteiger partial charge in [-0.25, -0.2) is 9.59 Å². The summed E-state index contributed by atoms with van der Waals surface area (Å²) in [6.45, 7) is 1.62. The molecule has 0 aliphatic heterocycles. The van der Waals surface area contributed by atoms with Crippen molar-refractivity contribution in [3.8, 4) is 5.75 Å². The normalized spacial score (nSPS) is 24.5. The number of ketones is 2. The molecule has 3 aliphatic carbocycles. The van der Waals surface area contributed by atoms with Crippen LogP contribution in [0.25, 0.3) is 10.8 Å². The fourth-order valence-corrected chi connectivity index (χ4v) is 8.24. The first-order valence-electron chi connectivity index (χ1n) is 17.3. The van der Waals surface area contributed by atoms with E-state index in [4.69, 9.17) is 10.5 Å². The number of benzene rings is 4. The van der Waals surface area contributed by atoms with E-state index in [2.05, 4.69) is 16.0 Å². The predicted molar refractivity (Wildman–Crippen MR) is 201 cm³/mol. The lowest BCUT2D eigenvalue weighted by Crippen LogP contribution is -2.69. The number of fused-ring (bicyclic) bond motifs is 4. The number of nitrogens with two attached hydrogens (primary N) is 1. The molecule has 6 atom stereocenters. The summed E-state index contributed by atoms with van der Waals surface area (Å²) in [6, 6.07) is 21.6. The summed E-state index contributed by atoms with van der Waals surface area (Å²) < 4.78 is 5.98. The monoisotopic (exact) mass is 747 g/mol. The van der Waals surface area contributed by atoms with Crippen LogP contribution in [0.1, 0.15) is 28.8 Å². The van der Waals surface area contributed by atoms with Gasteiger partial charge in [0.1, 0.15) is 23.2 Å². The Morgan fingerprint density at radius 2 is 1.49 bits per heavy atom. The molecule has 282 valence electrons. The third-order valence-corrected chi connectivity index (χ3v) is 10.7. The van der Waals surface area contributed by atoms with Crippen molar-refractivity contribution in [1.29, 1.82) is 0 Å². The SMILES string of the molecule is C[C@@H]1c2ccc(NC(=O)Nc3cccc4ccccc34)c(O)c2C(=O)C2=C(O)[C@@]3(O)C(=O)C(C(N)=O)=C(O)[C@H](N(C)C)[C@H]3[C@H](OC(=O)Nc3ccccc3)[C@H]21. The number of nitrogens with one attached hydrogen (secondary N) is 3. The Balaban J connectivity index is 1.33. The number of amides is 4. The fraction of sp³-hybridized carbons (Fsp3) is 0.225. The van der Waals surface area contributed by atoms with Crippen molar-refractivity contribution >= 4 is 57.4 Å². The number of aliphatic hydroxyl groups excluding tert-OH is 2. The molecular weight excluding hydrogens is 710 g/mol. The number of nitrogens with zero attached hydrogens (tertiary/aromatic N) is 1. The van der Waals surface area contributed by atoms with Crippen LogP contribution in [-0.2, 0) is 14.3 Å². The van der Waals surface area contributed by atoms with Crippen LogP contribution in [0.4, 0.5) is 26.7 Å². The van der Waals surface area contributed by atoms with Gasteiger partial charge in [0.05, 0.1) is 28.9 Å². The number of para-hydroxylation sites is 1. The van der Waals surface area contributed by atoms with E-state index >= 15 is 0 Å². The quantitative estimate of drug-likeness (QED) is 0.0993. The molecule has 4 aromatic rings. The maximum atomic E-state index is 14.6. The van der Waals surface area contributed by atoms with Crippen molar-refractivity contribution in [2.45, 2.75) is 30.6 Å². The number of carbonyl (C=O) groups excluding carboxylic acids is 5. The van der Waals surface area contributed by atoms with E-state index in [1.807, 2.05) is 30.3 Å². The Hall–Kier alpha value is -6.71. The van der Waals surface area contributed by atoms with Gasteiger partial charge in [-0.15, -0.1) is 0 Å². The molecule has 0 heterocycles. The summed E-state index contributed by atoms with van der Waals surface area (Å²) >= 11 is 0. The summed E-state index contributed by atoms with van der Waals surface area (Å²) in [5.41, 5.74) is 1.26. The Morgan fingerprint density at radius 1 is 0.836 bits per heavy atom. The number of hydrogen-bond acceptors (Lipinski definition) is 11. The predicted octanol–water partition coefficient (Wildman–Crippen LogP) is 4.71. The van der Waals surface area contributed by atoms with Crippen molar-refractivity contribution < 1.29 is 49.1 Å². The van der Waals surface area contributed by atoms with E-state index in [0.29, 0.717) is 11.4 Å². The van der Waals surface area contributed by atoms with Gasteiger partial charge < -0.3 is 41.5 Å². The largest absolute Gasteiger partial charge is 0.510 e. The summed E-state index contributed by atoms with van der Waals surface area (Å²) in [5, 5.41) is 56.7. The van der Waals surface area contributed by atoms with Crippen LogP contribution in [0.2, 0.25) is 0 Å². The lowest BCUT2D eigenvalue weighted by Gasteiger charge is -2.54. The van der Waals surface area contributed by atoms with Gasteiger partial charge >= 0.3 is 12.1 Å². The number of Topliss-reactive ketones (excluding diaryl/α,β-unsaturated/α-hetero) is 2. The molecular formula is C40H37N5O10. The zero-order valence-corrected chi connectivity index (χ0v) is 29.7. The number of primary amides is 1. The van der Waals surface area contributed by atoms with Crippen LogP contribution in [-0.4, -0.2) is 86.8 Å². The Kier molecular flexibility index (Phi) is 9.07. The maximum absolute atomic E-state index is 14.6. The standard InChI is InChI=1S/C40H37N5O10/c1-18-21-16-17-24(44-38(52)43-23-15-9-11-19-10-7-8-14-22(19)23)31(46)26(21)32(47)27-25(18)34(55-39(53)42-20-12-5-4-6-13-20)29-30(45(2)3)33(48)28(37(41)51)36(50)40(29,54)35(27)49/h4-18,25,29-30,34,46,48-49,54H,1-3H3,(H2,41,51)(H,42,53)(H2,43,44,52)/t18-,25+,29+,30-,34-,40-/m1/s1. The zero-order valence-electron chi connectivity index (χ0n) is 29.7. The minimum atomic E-state index is -3.13. The number of likely N-dealkylation sites (N-methyl/N-ethyl adjacent to an activating group) is 1. The Labute approximate surface area is 313 Å². The number of rotatable bonds is 6. The number of aliphatic hydroxyl groups is 3. The summed E-state index contributed by atoms with van der Waals surface area (Å²) in [6.07, 6.45) is -2.69. The number of urea groups is 1. The van der Waals surface area contributed by atoms with Gasteiger partial charge in [0.2, 0.25) is 5.78 Å². The van der Waals surface area contributed by atoms with E-state index in [1.54, 1.807) is 49.4 Å². The van der Waals surface area contributed by atoms with Crippen molar-refractivity contribution in [3.63, 3.8) is 0 Å². The molecule has 0 bridgehead atoms. The van der Waals surface area contributed by atoms with Gasteiger partial charge in [-0.05, 0) is 55.2 Å². The molecule has 0 radical (unpaired) electrons. The molecule has 55 heavy (non-hydrogen) atoms. The number of aromatic hydroxyl groups is 1. The van der Waals surface area contributed by atoms with Crippen molar-refractivity contribution in [2.24, 2.45) is 17.6 Å². The average molecular weight is 748 g/mol. The molecule has 0 saturated heterocycles. The molecule has 15 heteroatoms. The molecule has 9 N–H and O–H groups in total. The van der Waals surface area contributed by atoms with E-state index in [0.717, 1.165) is 10.8 Å². The van der Waals surface area contributed by atoms with Crippen LogP contribution in [0, 0.1) is 11.8 Å². The zero-order chi connectivity index (χ0) is 39.5. The highest BCUT2D eigenvalue weighted by Gasteiger charge is 2.68. The van der Waals surface area contributed by atoms with E-state index in [-0.39, 0.29) is 16.8 Å². The second-order valence-corrected chi connectivity index (χ2v) is 14.0. The van der Waals surface area contributed by atoms with Crippen LogP contribution in [0.15, 0.2) is 108 Å². The fourth-order valence-electron chi connectivity index (χ4n) is 8.24. The van der Waals surface area contributed by atoms with Gasteiger partial charge in [-0.3, -0.25) is 24.6 Å². The highest BCUT2D eigenvalue weighted by Crippen LogP contribution is 2.57. The highest BCUT2D eigenvalue weighted by molar-refractivity contribution is 6.25. The topological polar surface area (TPSA) is 241 Å². The van der Waals surface area contributed by atoms with E-state index in [9.17, 15) is 44.4 Å². The van der Waals surface area contributed by atoms with Crippen LogP contribution in [0.3, 0.4) is 0 Å². The van der Waals surface area contributed by atoms with Gasteiger partial charge in [0, 0.05) is 22.6 Å². The minimum absolute atomic E-state index is 0.178. The first kappa shape index (κ1) is 36.6. The minimum Gasteiger partial charge on any atom is -0.510 e. The first-order chi connectivity index (χ1) is 26.2. The molecule has 0 fully saturated rings. The number of phenolic OH excluding ortho intramolecular Hbond substituents is 1.